The van der Waals surface area contributed by atoms with Crippen molar-refractivity contribution in [3.8, 4) is 0 Å². The molecule has 0 amide bonds. The van der Waals surface area contributed by atoms with Crippen LogP contribution in [0, 0.1) is 0 Å². The summed E-state index contributed by atoms with van der Waals surface area (Å²) in [6, 6.07) is 0. The van der Waals surface area contributed by atoms with Crippen LogP contribution in [0.25, 0.3) is 0 Å². The highest BCUT2D eigenvalue weighted by atomic mass is 16.6. The number of hydrogen-bond donors (Lipinski definition) is 0. The molecule has 6 heteroatoms. The van der Waals surface area contributed by atoms with E-state index in [2.05, 4.69) is 106 Å². The average molecular weight is 1040 g/mol. The van der Waals surface area contributed by atoms with E-state index in [4.69, 9.17) is 14.2 Å². The van der Waals surface area contributed by atoms with Gasteiger partial charge in [-0.25, -0.2) is 0 Å². The van der Waals surface area contributed by atoms with Crippen LogP contribution in [0.4, 0.5) is 0 Å². The van der Waals surface area contributed by atoms with Gasteiger partial charge in [0.1, 0.15) is 13.2 Å². The van der Waals surface area contributed by atoms with Gasteiger partial charge in [0.2, 0.25) is 0 Å². The Bertz CT molecular complexity index is 1480. The molecular formula is C69H118O6. The number of unbranched alkanes of at least 4 members (excludes halogenated alkanes) is 31. The van der Waals surface area contributed by atoms with Crippen LogP contribution in [0.5, 0.6) is 0 Å². The number of hydrogen-bond acceptors (Lipinski definition) is 6. The first-order valence-electron chi connectivity index (χ1n) is 31.7. The second-order valence-corrected chi connectivity index (χ2v) is 20.9. The van der Waals surface area contributed by atoms with E-state index >= 15 is 0 Å². The molecule has 0 aromatic rings. The number of allylic oxidation sites excluding steroid dienone is 15. The summed E-state index contributed by atoms with van der Waals surface area (Å²) in [5, 5.41) is 0. The molecule has 0 bridgehead atoms. The largest absolute Gasteiger partial charge is 0.462 e. The molecule has 0 rings (SSSR count). The zero-order valence-corrected chi connectivity index (χ0v) is 49.3. The van der Waals surface area contributed by atoms with Crippen LogP contribution in [-0.4, -0.2) is 37.2 Å². The van der Waals surface area contributed by atoms with Gasteiger partial charge in [0.05, 0.1) is 6.42 Å². The lowest BCUT2D eigenvalue weighted by Gasteiger charge is -2.18. The van der Waals surface area contributed by atoms with E-state index in [1.165, 1.54) is 186 Å². The van der Waals surface area contributed by atoms with Gasteiger partial charge in [-0.05, 0) is 103 Å². The van der Waals surface area contributed by atoms with Crippen LogP contribution in [0.3, 0.4) is 0 Å². The van der Waals surface area contributed by atoms with Crippen molar-refractivity contribution in [1.82, 2.24) is 0 Å². The third kappa shape index (κ3) is 61.1. The molecule has 0 aliphatic heterocycles. The van der Waals surface area contributed by atoms with Crippen molar-refractivity contribution < 1.29 is 28.6 Å². The summed E-state index contributed by atoms with van der Waals surface area (Å²) in [5.41, 5.74) is 0. The van der Waals surface area contributed by atoms with Gasteiger partial charge in [0.25, 0.3) is 0 Å². The number of ether oxygens (including phenoxy) is 3. The van der Waals surface area contributed by atoms with Gasteiger partial charge in [0, 0.05) is 12.8 Å². The van der Waals surface area contributed by atoms with Crippen LogP contribution in [-0.2, 0) is 28.6 Å². The molecule has 0 saturated carbocycles. The molecule has 0 saturated heterocycles. The lowest BCUT2D eigenvalue weighted by Crippen LogP contribution is -2.30. The highest BCUT2D eigenvalue weighted by Gasteiger charge is 2.19. The van der Waals surface area contributed by atoms with Crippen LogP contribution in [0.1, 0.15) is 303 Å². The number of esters is 3. The van der Waals surface area contributed by atoms with E-state index in [0.717, 1.165) is 77.0 Å². The SMILES string of the molecule is CC/C=C\C/C=C\C/C=C\C/C=C\C/C=C\CC(=O)OCC(COC(=O)CCCCCCCCCCC/C=C\C/C=C\CCCCCCC)OC(=O)CCCCCCCCCCC/C=C\CCCCCCCCCC. The van der Waals surface area contributed by atoms with E-state index in [0.29, 0.717) is 12.8 Å². The maximum absolute atomic E-state index is 12.9. The van der Waals surface area contributed by atoms with E-state index in [1.54, 1.807) is 6.08 Å². The summed E-state index contributed by atoms with van der Waals surface area (Å²) in [6.45, 7) is 6.45. The molecule has 0 fully saturated rings. The molecule has 1 atom stereocenters. The minimum absolute atomic E-state index is 0.110. The Hall–Kier alpha value is -3.67. The Morgan fingerprint density at radius 1 is 0.293 bits per heavy atom. The maximum Gasteiger partial charge on any atom is 0.309 e. The van der Waals surface area contributed by atoms with Gasteiger partial charge in [-0.3, -0.25) is 14.4 Å². The van der Waals surface area contributed by atoms with Crippen molar-refractivity contribution >= 4 is 17.9 Å². The Labute approximate surface area is 464 Å². The first-order chi connectivity index (χ1) is 37.0. The van der Waals surface area contributed by atoms with Crippen molar-refractivity contribution in [3.05, 3.63) is 97.2 Å². The number of rotatable bonds is 57. The second-order valence-electron chi connectivity index (χ2n) is 20.9. The van der Waals surface area contributed by atoms with E-state index in [-0.39, 0.29) is 31.6 Å². The zero-order chi connectivity index (χ0) is 54.3. The first kappa shape index (κ1) is 71.3. The fraction of sp³-hybridized carbons (Fsp3) is 0.725. The lowest BCUT2D eigenvalue weighted by atomic mass is 10.1. The molecule has 0 aromatic heterocycles. The molecule has 0 aliphatic rings. The Balaban J connectivity index is 4.44. The maximum atomic E-state index is 12.9. The van der Waals surface area contributed by atoms with Gasteiger partial charge in [-0.2, -0.15) is 0 Å². The standard InChI is InChI=1S/C69H118O6/c1-4-7-10-13-16-19-22-25-28-30-32-34-36-38-41-44-47-50-53-56-59-62-68(71)74-65-66(64-73-67(70)61-58-55-52-49-46-43-40-27-24-21-18-15-12-9-6-3)75-69(72)63-60-57-54-51-48-45-42-39-37-35-33-31-29-26-23-20-17-14-11-8-5-2/h9,12,18,21-22,25,27,30-33,40,46,49,55,58,66H,4-8,10-11,13-17,19-20,23-24,26,28-29,34-39,41-45,47-48,50-54,56-57,59-65H2,1-3H3/b12-9-,21-18-,25-22-,32-30-,33-31-,40-27-,49-46-,58-55-. The summed E-state index contributed by atoms with van der Waals surface area (Å²) in [7, 11) is 0. The fourth-order valence-electron chi connectivity index (χ4n) is 8.84. The van der Waals surface area contributed by atoms with E-state index in [9.17, 15) is 14.4 Å². The van der Waals surface area contributed by atoms with Crippen molar-refractivity contribution in [2.24, 2.45) is 0 Å². The highest BCUT2D eigenvalue weighted by Crippen LogP contribution is 2.16. The van der Waals surface area contributed by atoms with Crippen LogP contribution in [0.2, 0.25) is 0 Å². The molecule has 0 N–H and O–H groups in total. The third-order valence-electron chi connectivity index (χ3n) is 13.6. The third-order valence-corrected chi connectivity index (χ3v) is 13.6. The molecule has 0 aliphatic carbocycles. The Morgan fingerprint density at radius 3 is 0.947 bits per heavy atom. The van der Waals surface area contributed by atoms with Crippen LogP contribution in [0.15, 0.2) is 97.2 Å². The minimum atomic E-state index is -0.822. The van der Waals surface area contributed by atoms with Gasteiger partial charge >= 0.3 is 17.9 Å². The van der Waals surface area contributed by atoms with Crippen molar-refractivity contribution in [2.75, 3.05) is 13.2 Å². The molecule has 6 nitrogen and oxygen atoms in total. The summed E-state index contributed by atoms with van der Waals surface area (Å²) in [4.78, 5) is 38.2. The molecular weight excluding hydrogens is 925 g/mol. The fourth-order valence-corrected chi connectivity index (χ4v) is 8.84. The van der Waals surface area contributed by atoms with Crippen LogP contribution >= 0.6 is 0 Å². The second kappa shape index (κ2) is 62.9. The Morgan fingerprint density at radius 2 is 0.573 bits per heavy atom. The molecule has 0 spiro atoms. The quantitative estimate of drug-likeness (QED) is 0.0261. The van der Waals surface area contributed by atoms with Crippen molar-refractivity contribution in [1.29, 1.82) is 0 Å². The topological polar surface area (TPSA) is 78.9 Å². The number of carbonyl (C=O) groups excluding carboxylic acids is 3. The summed E-state index contributed by atoms with van der Waals surface area (Å²) in [5.74, 6) is -1.04. The molecule has 0 aromatic carbocycles. The molecule has 0 heterocycles. The first-order valence-corrected chi connectivity index (χ1v) is 31.7. The van der Waals surface area contributed by atoms with Gasteiger partial charge in [0.15, 0.2) is 6.10 Å². The predicted molar refractivity (Wildman–Crippen MR) is 325 cm³/mol. The number of carbonyl (C=O) groups is 3. The molecule has 430 valence electrons. The smallest absolute Gasteiger partial charge is 0.309 e. The van der Waals surface area contributed by atoms with E-state index < -0.39 is 12.1 Å². The predicted octanol–water partition coefficient (Wildman–Crippen LogP) is 21.7. The summed E-state index contributed by atoms with van der Waals surface area (Å²) in [6.07, 6.45) is 84.4. The highest BCUT2D eigenvalue weighted by molar-refractivity contribution is 5.72. The molecule has 0 radical (unpaired) electrons. The Kier molecular flexibility index (Phi) is 59.8. The lowest BCUT2D eigenvalue weighted by molar-refractivity contribution is -0.166. The summed E-state index contributed by atoms with van der Waals surface area (Å²) < 4.78 is 16.8. The van der Waals surface area contributed by atoms with Gasteiger partial charge in [-0.1, -0.05) is 279 Å². The monoisotopic (exact) mass is 1040 g/mol. The van der Waals surface area contributed by atoms with Gasteiger partial charge < -0.3 is 14.2 Å². The van der Waals surface area contributed by atoms with E-state index in [1.807, 2.05) is 6.08 Å². The van der Waals surface area contributed by atoms with Crippen molar-refractivity contribution in [2.45, 2.75) is 309 Å². The van der Waals surface area contributed by atoms with Crippen LogP contribution < -0.4 is 0 Å². The minimum Gasteiger partial charge on any atom is -0.462 e. The average Bonchev–Trinajstić information content (AvgIpc) is 3.41. The normalized spacial score (nSPS) is 12.7. The van der Waals surface area contributed by atoms with Crippen molar-refractivity contribution in [3.63, 3.8) is 0 Å². The van der Waals surface area contributed by atoms with Gasteiger partial charge in [-0.15, -0.1) is 0 Å². The molecule has 1 unspecified atom stereocenters. The summed E-state index contributed by atoms with van der Waals surface area (Å²) >= 11 is 0. The zero-order valence-electron chi connectivity index (χ0n) is 49.3. The molecule has 75 heavy (non-hydrogen) atoms.